The zero-order valence-corrected chi connectivity index (χ0v) is 14.5. The van der Waals surface area contributed by atoms with Gasteiger partial charge < -0.3 is 23.8 Å². The third-order valence-electron chi connectivity index (χ3n) is 4.30. The average Bonchev–Trinajstić information content (AvgIpc) is 2.96. The van der Waals surface area contributed by atoms with Crippen molar-refractivity contribution in [3.63, 3.8) is 0 Å². The molecule has 1 fully saturated rings. The van der Waals surface area contributed by atoms with Crippen molar-refractivity contribution in [2.75, 3.05) is 41.0 Å². The van der Waals surface area contributed by atoms with Gasteiger partial charge in [0.2, 0.25) is 5.91 Å². The van der Waals surface area contributed by atoms with Crippen molar-refractivity contribution in [2.45, 2.75) is 45.2 Å². The summed E-state index contributed by atoms with van der Waals surface area (Å²) in [5.74, 6) is -0.156. The number of nitriles is 1. The molecule has 1 amide bonds. The van der Waals surface area contributed by atoms with Crippen molar-refractivity contribution in [1.82, 2.24) is 4.90 Å². The molecule has 0 aromatic carbocycles. The minimum absolute atomic E-state index is 0.0620. The molecule has 0 unspecified atom stereocenters. The van der Waals surface area contributed by atoms with Gasteiger partial charge in [0.05, 0.1) is 31.4 Å². The first-order valence-corrected chi connectivity index (χ1v) is 7.91. The zero-order valence-electron chi connectivity index (χ0n) is 14.5. The number of likely N-dealkylation sites (tertiary alicyclic amines) is 1. The molecule has 1 aliphatic rings. The lowest BCUT2D eigenvalue weighted by Gasteiger charge is -2.35. The van der Waals surface area contributed by atoms with Crippen LogP contribution < -0.4 is 0 Å². The average molecular weight is 328 g/mol. The first-order chi connectivity index (χ1) is 11.0. The number of methoxy groups -OCH3 is 2. The highest BCUT2D eigenvalue weighted by atomic mass is 16.7. The van der Waals surface area contributed by atoms with Gasteiger partial charge in [-0.3, -0.25) is 4.79 Å². The van der Waals surface area contributed by atoms with Gasteiger partial charge in [0, 0.05) is 14.2 Å². The molecule has 0 aromatic heterocycles. The van der Waals surface area contributed by atoms with Crippen LogP contribution in [0.1, 0.15) is 33.1 Å². The summed E-state index contributed by atoms with van der Waals surface area (Å²) in [6.07, 6.45) is 2.11. The highest BCUT2D eigenvalue weighted by Gasteiger charge is 2.44. The summed E-state index contributed by atoms with van der Waals surface area (Å²) < 4.78 is 20.7. The first kappa shape index (κ1) is 19.8. The quantitative estimate of drug-likeness (QED) is 0.447. The normalized spacial score (nSPS) is 23.5. The van der Waals surface area contributed by atoms with Crippen LogP contribution in [0.4, 0.5) is 0 Å². The van der Waals surface area contributed by atoms with Crippen LogP contribution in [0.3, 0.4) is 0 Å². The van der Waals surface area contributed by atoms with Crippen molar-refractivity contribution >= 4 is 5.91 Å². The van der Waals surface area contributed by atoms with Gasteiger partial charge in [0.1, 0.15) is 19.0 Å². The Morgan fingerprint density at radius 3 is 2.00 bits per heavy atom. The van der Waals surface area contributed by atoms with E-state index in [1.165, 1.54) is 0 Å². The lowest BCUT2D eigenvalue weighted by Crippen LogP contribution is -2.50. The van der Waals surface area contributed by atoms with Crippen molar-refractivity contribution in [3.05, 3.63) is 0 Å². The van der Waals surface area contributed by atoms with E-state index in [2.05, 4.69) is 6.07 Å². The van der Waals surface area contributed by atoms with E-state index in [0.29, 0.717) is 19.6 Å². The molecular weight excluding hydrogens is 300 g/mol. The molecule has 1 rings (SSSR count). The van der Waals surface area contributed by atoms with Crippen molar-refractivity contribution in [1.29, 1.82) is 5.26 Å². The highest BCUT2D eigenvalue weighted by Crippen LogP contribution is 2.32. The second-order valence-electron chi connectivity index (χ2n) is 5.95. The minimum atomic E-state index is -1.02. The number of hydrogen-bond donors (Lipinski definition) is 0. The number of carbonyl (C=O) groups is 1. The lowest BCUT2D eigenvalue weighted by atomic mass is 9.87. The Labute approximate surface area is 138 Å². The maximum atomic E-state index is 12.9. The van der Waals surface area contributed by atoms with Crippen molar-refractivity contribution in [3.8, 4) is 6.07 Å². The zero-order chi connectivity index (χ0) is 17.3. The molecule has 0 aromatic rings. The Morgan fingerprint density at radius 2 is 1.65 bits per heavy atom. The van der Waals surface area contributed by atoms with Crippen molar-refractivity contribution < 1.29 is 23.7 Å². The first-order valence-electron chi connectivity index (χ1n) is 7.91. The number of carbonyl (C=O) groups excluding carboxylic acids is 1. The Balaban J connectivity index is 2.83. The van der Waals surface area contributed by atoms with Gasteiger partial charge in [-0.05, 0) is 26.2 Å². The fraction of sp³-hybridized carbons (Fsp3) is 0.875. The fourth-order valence-electron chi connectivity index (χ4n) is 2.72. The maximum Gasteiger partial charge on any atom is 0.243 e. The fourth-order valence-corrected chi connectivity index (χ4v) is 2.72. The van der Waals surface area contributed by atoms with Gasteiger partial charge in [-0.2, -0.15) is 5.26 Å². The number of ether oxygens (including phenoxy) is 4. The van der Waals surface area contributed by atoms with Gasteiger partial charge in [-0.25, -0.2) is 0 Å². The van der Waals surface area contributed by atoms with Gasteiger partial charge >= 0.3 is 0 Å². The van der Waals surface area contributed by atoms with Gasteiger partial charge in [-0.1, -0.05) is 6.92 Å². The molecule has 23 heavy (non-hydrogen) atoms. The molecule has 0 aliphatic carbocycles. The molecule has 0 N–H and O–H groups in total. The molecule has 0 bridgehead atoms. The SMILES string of the molecule is CC[C@@](C)(C#N)C(=O)N1[C@@H](COCOC)CC[C@@H]1COCOC. The largest absolute Gasteiger partial charge is 0.359 e. The Bertz CT molecular complexity index is 394. The van der Waals surface area contributed by atoms with E-state index in [4.69, 9.17) is 18.9 Å². The van der Waals surface area contributed by atoms with Crippen LogP contribution in [0.25, 0.3) is 0 Å². The van der Waals surface area contributed by atoms with E-state index in [0.717, 1.165) is 12.8 Å². The molecule has 7 heteroatoms. The Hall–Kier alpha value is -1.20. The van der Waals surface area contributed by atoms with Crippen LogP contribution in [0.5, 0.6) is 0 Å². The molecule has 1 saturated heterocycles. The van der Waals surface area contributed by atoms with Gasteiger partial charge in [0.15, 0.2) is 0 Å². The van der Waals surface area contributed by atoms with Gasteiger partial charge in [0.25, 0.3) is 0 Å². The summed E-state index contributed by atoms with van der Waals surface area (Å²) in [4.78, 5) is 14.7. The lowest BCUT2D eigenvalue weighted by molar-refractivity contribution is -0.146. The van der Waals surface area contributed by atoms with Crippen molar-refractivity contribution in [2.24, 2.45) is 5.41 Å². The molecule has 0 radical (unpaired) electrons. The molecule has 1 heterocycles. The molecule has 132 valence electrons. The second-order valence-corrected chi connectivity index (χ2v) is 5.95. The minimum Gasteiger partial charge on any atom is -0.359 e. The Kier molecular flexibility index (Phi) is 8.48. The van der Waals surface area contributed by atoms with E-state index in [1.54, 1.807) is 26.0 Å². The standard InChI is InChI=1S/C16H28N2O5/c1-5-16(2,10-17)15(19)18-13(8-22-11-20-3)6-7-14(18)9-23-12-21-4/h13-14H,5-9,11-12H2,1-4H3/t13-,14-,16+/m1/s1. The molecule has 3 atom stereocenters. The second kappa shape index (κ2) is 9.83. The van der Waals surface area contributed by atoms with E-state index >= 15 is 0 Å². The van der Waals surface area contributed by atoms with Crippen LogP contribution in [-0.4, -0.2) is 63.9 Å². The molecule has 0 saturated carbocycles. The third-order valence-corrected chi connectivity index (χ3v) is 4.30. The van der Waals surface area contributed by atoms with E-state index in [1.807, 2.05) is 6.92 Å². The summed E-state index contributed by atoms with van der Waals surface area (Å²) in [6, 6.07) is 2.03. The van der Waals surface area contributed by atoms with E-state index in [9.17, 15) is 10.1 Å². The highest BCUT2D eigenvalue weighted by molar-refractivity contribution is 5.85. The molecule has 1 aliphatic heterocycles. The maximum absolute atomic E-state index is 12.9. The van der Waals surface area contributed by atoms with Crippen LogP contribution in [0, 0.1) is 16.7 Å². The number of rotatable bonds is 10. The number of nitrogens with zero attached hydrogens (tertiary/aromatic N) is 2. The summed E-state index contributed by atoms with van der Waals surface area (Å²) >= 11 is 0. The summed E-state index contributed by atoms with van der Waals surface area (Å²) in [6.45, 7) is 4.70. The summed E-state index contributed by atoms with van der Waals surface area (Å²) in [5.41, 5.74) is -1.02. The summed E-state index contributed by atoms with van der Waals surface area (Å²) in [7, 11) is 3.12. The predicted octanol–water partition coefficient (Wildman–Crippen LogP) is 1.53. The summed E-state index contributed by atoms with van der Waals surface area (Å²) in [5, 5.41) is 9.42. The monoisotopic (exact) mass is 328 g/mol. The van der Waals surface area contributed by atoms with Crippen LogP contribution in [-0.2, 0) is 23.7 Å². The predicted molar refractivity (Wildman–Crippen MR) is 83.3 cm³/mol. The Morgan fingerprint density at radius 1 is 1.17 bits per heavy atom. The molecule has 7 nitrogen and oxygen atoms in total. The third kappa shape index (κ3) is 5.15. The smallest absolute Gasteiger partial charge is 0.243 e. The topological polar surface area (TPSA) is 81.0 Å². The van der Waals surface area contributed by atoms with Crippen LogP contribution >= 0.6 is 0 Å². The number of amides is 1. The van der Waals surface area contributed by atoms with Gasteiger partial charge in [-0.15, -0.1) is 0 Å². The van der Waals surface area contributed by atoms with E-state index < -0.39 is 5.41 Å². The van der Waals surface area contributed by atoms with Crippen LogP contribution in [0.15, 0.2) is 0 Å². The number of hydrogen-bond acceptors (Lipinski definition) is 6. The molecular formula is C16H28N2O5. The van der Waals surface area contributed by atoms with Crippen LogP contribution in [0.2, 0.25) is 0 Å². The van der Waals surface area contributed by atoms with E-state index in [-0.39, 0.29) is 31.6 Å². The molecule has 0 spiro atoms.